The second-order valence-corrected chi connectivity index (χ2v) is 6.29. The Morgan fingerprint density at radius 3 is 2.87 bits per heavy atom. The minimum Gasteiger partial charge on any atom is -0.494 e. The highest BCUT2D eigenvalue weighted by atomic mass is 35.5. The van der Waals surface area contributed by atoms with Crippen LogP contribution in [0.4, 0.5) is 4.39 Å². The Bertz CT molecular complexity index is 541. The molecule has 1 aliphatic carbocycles. The largest absolute Gasteiger partial charge is 0.494 e. The van der Waals surface area contributed by atoms with Gasteiger partial charge in [-0.25, -0.2) is 4.39 Å². The van der Waals surface area contributed by atoms with E-state index in [0.717, 1.165) is 12.0 Å². The van der Waals surface area contributed by atoms with Crippen LogP contribution in [-0.4, -0.2) is 25.1 Å². The van der Waals surface area contributed by atoms with Gasteiger partial charge < -0.3 is 15.4 Å². The van der Waals surface area contributed by atoms with E-state index in [0.29, 0.717) is 18.5 Å². The molecule has 0 radical (unpaired) electrons. The fourth-order valence-electron chi connectivity index (χ4n) is 3.65. The lowest BCUT2D eigenvalue weighted by Crippen LogP contribution is -2.42. The third kappa shape index (κ3) is 4.15. The van der Waals surface area contributed by atoms with Crippen LogP contribution in [0.3, 0.4) is 0 Å². The summed E-state index contributed by atoms with van der Waals surface area (Å²) < 4.78 is 18.5. The van der Waals surface area contributed by atoms with E-state index >= 15 is 0 Å². The number of carbonyl (C=O) groups is 1. The molecule has 2 N–H and O–H groups in total. The number of fused-ring (bicyclic) bond motifs is 1. The second-order valence-electron chi connectivity index (χ2n) is 6.29. The molecule has 128 valence electrons. The summed E-state index contributed by atoms with van der Waals surface area (Å²) in [6, 6.07) is 5.16. The lowest BCUT2D eigenvalue weighted by Gasteiger charge is -2.24. The van der Waals surface area contributed by atoms with Gasteiger partial charge in [0.1, 0.15) is 0 Å². The molecule has 2 fully saturated rings. The minimum atomic E-state index is -0.403. The molecule has 1 heterocycles. The predicted molar refractivity (Wildman–Crippen MR) is 89.3 cm³/mol. The second kappa shape index (κ2) is 7.97. The highest BCUT2D eigenvalue weighted by molar-refractivity contribution is 5.85. The molecule has 0 aromatic heterocycles. The lowest BCUT2D eigenvalue weighted by atomic mass is 9.85. The maximum absolute atomic E-state index is 13.6. The summed E-state index contributed by atoms with van der Waals surface area (Å²) in [6.07, 6.45) is 5.87. The van der Waals surface area contributed by atoms with Gasteiger partial charge in [-0.05, 0) is 42.9 Å². The molecule has 1 aromatic rings. The van der Waals surface area contributed by atoms with Crippen LogP contribution in [0.15, 0.2) is 18.2 Å². The Morgan fingerprint density at radius 2 is 2.17 bits per heavy atom. The van der Waals surface area contributed by atoms with Gasteiger partial charge in [0.15, 0.2) is 11.6 Å². The maximum Gasteiger partial charge on any atom is 0.237 e. The first-order chi connectivity index (χ1) is 10.7. The first-order valence-electron chi connectivity index (χ1n) is 8.03. The van der Waals surface area contributed by atoms with Gasteiger partial charge in [-0.15, -0.1) is 12.4 Å². The number of halogens is 2. The van der Waals surface area contributed by atoms with Crippen molar-refractivity contribution in [2.45, 2.75) is 50.7 Å². The topological polar surface area (TPSA) is 50.4 Å². The zero-order chi connectivity index (χ0) is 15.5. The molecule has 3 rings (SSSR count). The Kier molecular flexibility index (Phi) is 6.25. The molecule has 0 bridgehead atoms. The van der Waals surface area contributed by atoms with Gasteiger partial charge in [-0.3, -0.25) is 4.79 Å². The molecule has 1 aliphatic heterocycles. The highest BCUT2D eigenvalue weighted by Gasteiger charge is 2.37. The maximum atomic E-state index is 13.6. The normalized spacial score (nSPS) is 26.1. The quantitative estimate of drug-likeness (QED) is 0.884. The van der Waals surface area contributed by atoms with Crippen LogP contribution in [0, 0.1) is 11.7 Å². The number of ether oxygens (including phenoxy) is 1. The molecule has 2 aliphatic rings. The molecular weight excluding hydrogens is 319 g/mol. The van der Waals surface area contributed by atoms with Gasteiger partial charge in [0.05, 0.1) is 13.2 Å². The summed E-state index contributed by atoms with van der Waals surface area (Å²) in [5.41, 5.74) is 0.738. The van der Waals surface area contributed by atoms with Crippen molar-refractivity contribution in [3.05, 3.63) is 29.6 Å². The van der Waals surface area contributed by atoms with E-state index in [2.05, 4.69) is 10.6 Å². The third-order valence-electron chi connectivity index (χ3n) is 4.86. The van der Waals surface area contributed by atoms with Crippen molar-refractivity contribution in [3.8, 4) is 5.75 Å². The van der Waals surface area contributed by atoms with Gasteiger partial charge in [-0.1, -0.05) is 18.9 Å². The Hall–Kier alpha value is -1.33. The smallest absolute Gasteiger partial charge is 0.237 e. The SMILES string of the molecule is COc1ccc(CNC(=O)C2CC3CCCCC3N2)cc1F.Cl. The number of hydrogen-bond acceptors (Lipinski definition) is 3. The van der Waals surface area contributed by atoms with Gasteiger partial charge >= 0.3 is 0 Å². The summed E-state index contributed by atoms with van der Waals surface area (Å²) in [6.45, 7) is 0.341. The summed E-state index contributed by atoms with van der Waals surface area (Å²) in [5.74, 6) is 0.476. The van der Waals surface area contributed by atoms with Crippen LogP contribution in [0.25, 0.3) is 0 Å². The average molecular weight is 343 g/mol. The monoisotopic (exact) mass is 342 g/mol. The average Bonchev–Trinajstić information content (AvgIpc) is 2.97. The molecule has 3 unspecified atom stereocenters. The highest BCUT2D eigenvalue weighted by Crippen LogP contribution is 2.33. The molecule has 4 nitrogen and oxygen atoms in total. The van der Waals surface area contributed by atoms with Crippen LogP contribution in [0.1, 0.15) is 37.7 Å². The van der Waals surface area contributed by atoms with Crippen molar-refractivity contribution in [2.75, 3.05) is 7.11 Å². The first kappa shape index (κ1) is 18.0. The van der Waals surface area contributed by atoms with Crippen LogP contribution < -0.4 is 15.4 Å². The van der Waals surface area contributed by atoms with Gasteiger partial charge in [0.25, 0.3) is 0 Å². The Morgan fingerprint density at radius 1 is 1.39 bits per heavy atom. The molecular formula is C17H24ClFN2O2. The van der Waals surface area contributed by atoms with Crippen LogP contribution in [-0.2, 0) is 11.3 Å². The van der Waals surface area contributed by atoms with Gasteiger partial charge in [0.2, 0.25) is 5.91 Å². The number of amides is 1. The number of nitrogens with one attached hydrogen (secondary N) is 2. The summed E-state index contributed by atoms with van der Waals surface area (Å²) >= 11 is 0. The molecule has 23 heavy (non-hydrogen) atoms. The minimum absolute atomic E-state index is 0. The first-order valence-corrected chi connectivity index (χ1v) is 8.03. The Balaban J connectivity index is 0.00000192. The van der Waals surface area contributed by atoms with Crippen molar-refractivity contribution in [2.24, 2.45) is 5.92 Å². The number of rotatable bonds is 4. The molecule has 1 saturated carbocycles. The summed E-state index contributed by atoms with van der Waals surface area (Å²) in [4.78, 5) is 12.3. The van der Waals surface area contributed by atoms with E-state index < -0.39 is 5.82 Å². The van der Waals surface area contributed by atoms with E-state index in [1.807, 2.05) is 0 Å². The molecule has 6 heteroatoms. The number of hydrogen-bond donors (Lipinski definition) is 2. The van der Waals surface area contributed by atoms with Crippen LogP contribution in [0.2, 0.25) is 0 Å². The summed E-state index contributed by atoms with van der Waals surface area (Å²) in [5, 5.41) is 6.36. The zero-order valence-corrected chi connectivity index (χ0v) is 14.1. The molecule has 1 amide bonds. The molecule has 0 spiro atoms. The number of carbonyl (C=O) groups excluding carboxylic acids is 1. The third-order valence-corrected chi connectivity index (χ3v) is 4.86. The molecule has 3 atom stereocenters. The van der Waals surface area contributed by atoms with E-state index in [1.165, 1.54) is 38.9 Å². The number of benzene rings is 1. The van der Waals surface area contributed by atoms with Crippen LogP contribution >= 0.6 is 12.4 Å². The Labute approximate surface area is 142 Å². The zero-order valence-electron chi connectivity index (χ0n) is 13.3. The standard InChI is InChI=1S/C17H23FN2O2.ClH/c1-22-16-7-6-11(8-13(16)18)10-19-17(21)15-9-12-4-2-3-5-14(12)20-15;/h6-8,12,14-15,20H,2-5,9-10H2,1H3,(H,19,21);1H. The van der Waals surface area contributed by atoms with E-state index in [1.54, 1.807) is 12.1 Å². The van der Waals surface area contributed by atoms with Crippen molar-refractivity contribution in [1.82, 2.24) is 10.6 Å². The predicted octanol–water partition coefficient (Wildman–Crippen LogP) is 2.79. The number of methoxy groups -OCH3 is 1. The van der Waals surface area contributed by atoms with E-state index in [4.69, 9.17) is 4.74 Å². The van der Waals surface area contributed by atoms with Gasteiger partial charge in [0, 0.05) is 12.6 Å². The summed E-state index contributed by atoms with van der Waals surface area (Å²) in [7, 11) is 1.44. The van der Waals surface area contributed by atoms with E-state index in [9.17, 15) is 9.18 Å². The van der Waals surface area contributed by atoms with E-state index in [-0.39, 0.29) is 30.1 Å². The van der Waals surface area contributed by atoms with Crippen molar-refractivity contribution >= 4 is 18.3 Å². The fraction of sp³-hybridized carbons (Fsp3) is 0.588. The lowest BCUT2D eigenvalue weighted by molar-refractivity contribution is -0.123. The van der Waals surface area contributed by atoms with Gasteiger partial charge in [-0.2, -0.15) is 0 Å². The van der Waals surface area contributed by atoms with Crippen molar-refractivity contribution in [3.63, 3.8) is 0 Å². The van der Waals surface area contributed by atoms with Crippen molar-refractivity contribution < 1.29 is 13.9 Å². The van der Waals surface area contributed by atoms with Crippen LogP contribution in [0.5, 0.6) is 5.75 Å². The fourth-order valence-corrected chi connectivity index (χ4v) is 3.65. The van der Waals surface area contributed by atoms with Crippen molar-refractivity contribution in [1.29, 1.82) is 0 Å². The molecule has 1 aromatic carbocycles. The molecule has 1 saturated heterocycles.